The second-order valence-electron chi connectivity index (χ2n) is 5.96. The maximum absolute atomic E-state index is 12.0. The molecule has 0 unspecified atom stereocenters. The lowest BCUT2D eigenvalue weighted by atomic mass is 9.96. The Morgan fingerprint density at radius 2 is 1.96 bits per heavy atom. The first-order chi connectivity index (χ1) is 12.2. The van der Waals surface area contributed by atoms with Crippen molar-refractivity contribution >= 4 is 44.9 Å². The lowest BCUT2D eigenvalue weighted by Crippen LogP contribution is -2.38. The summed E-state index contributed by atoms with van der Waals surface area (Å²) >= 11 is 2.76. The van der Waals surface area contributed by atoms with Crippen molar-refractivity contribution in [2.24, 2.45) is 0 Å². The molecule has 1 aliphatic carbocycles. The molecule has 3 rings (SSSR count). The van der Waals surface area contributed by atoms with E-state index in [1.807, 2.05) is 10.8 Å². The van der Waals surface area contributed by atoms with Gasteiger partial charge in [0.25, 0.3) is 0 Å². The quantitative estimate of drug-likeness (QED) is 0.714. The van der Waals surface area contributed by atoms with Gasteiger partial charge in [0.1, 0.15) is 0 Å². The normalized spacial score (nSPS) is 14.9. The van der Waals surface area contributed by atoms with E-state index >= 15 is 0 Å². The van der Waals surface area contributed by atoms with Crippen LogP contribution in [0.3, 0.4) is 0 Å². The van der Waals surface area contributed by atoms with Crippen molar-refractivity contribution in [1.82, 2.24) is 15.3 Å². The molecule has 0 aliphatic heterocycles. The average Bonchev–Trinajstić information content (AvgIpc) is 3.26. The molecule has 25 heavy (non-hydrogen) atoms. The maximum Gasteiger partial charge on any atom is 0.321 e. The fourth-order valence-corrected chi connectivity index (χ4v) is 4.04. The van der Waals surface area contributed by atoms with Crippen LogP contribution in [0.4, 0.5) is 15.1 Å². The standard InChI is InChI=1S/C16H21N5O2S2/c22-13(20-15-17-8-9-24-15)7-6-12-10-25-16(19-12)21-14(23)18-11-4-2-1-3-5-11/h8-11H,1-7H2,(H,17,20,22)(H2,18,19,21,23). The lowest BCUT2D eigenvalue weighted by molar-refractivity contribution is -0.116. The van der Waals surface area contributed by atoms with E-state index in [9.17, 15) is 9.59 Å². The molecule has 0 aromatic carbocycles. The molecule has 7 nitrogen and oxygen atoms in total. The predicted molar refractivity (Wildman–Crippen MR) is 100 cm³/mol. The highest BCUT2D eigenvalue weighted by Crippen LogP contribution is 2.19. The van der Waals surface area contributed by atoms with Crippen molar-refractivity contribution in [2.45, 2.75) is 51.0 Å². The molecule has 0 radical (unpaired) electrons. The second kappa shape index (κ2) is 8.91. The Morgan fingerprint density at radius 1 is 1.12 bits per heavy atom. The monoisotopic (exact) mass is 379 g/mol. The van der Waals surface area contributed by atoms with Crippen LogP contribution in [0.5, 0.6) is 0 Å². The largest absolute Gasteiger partial charge is 0.335 e. The van der Waals surface area contributed by atoms with Gasteiger partial charge in [0.2, 0.25) is 5.91 Å². The number of anilines is 2. The van der Waals surface area contributed by atoms with Crippen molar-refractivity contribution in [2.75, 3.05) is 10.6 Å². The van der Waals surface area contributed by atoms with Gasteiger partial charge in [-0.25, -0.2) is 14.8 Å². The van der Waals surface area contributed by atoms with Crippen molar-refractivity contribution in [1.29, 1.82) is 0 Å². The van der Waals surface area contributed by atoms with Crippen LogP contribution >= 0.6 is 22.7 Å². The van der Waals surface area contributed by atoms with E-state index < -0.39 is 0 Å². The first kappa shape index (κ1) is 17.8. The molecular formula is C16H21N5O2S2. The number of urea groups is 1. The first-order valence-electron chi connectivity index (χ1n) is 8.40. The molecular weight excluding hydrogens is 358 g/mol. The smallest absolute Gasteiger partial charge is 0.321 e. The van der Waals surface area contributed by atoms with Gasteiger partial charge in [0.15, 0.2) is 10.3 Å². The molecule has 1 aliphatic rings. The predicted octanol–water partition coefficient (Wildman–Crippen LogP) is 3.63. The molecule has 2 aromatic rings. The van der Waals surface area contributed by atoms with E-state index in [-0.39, 0.29) is 18.0 Å². The minimum absolute atomic E-state index is 0.0903. The zero-order valence-corrected chi connectivity index (χ0v) is 15.4. The third kappa shape index (κ3) is 5.79. The molecule has 0 saturated heterocycles. The minimum atomic E-state index is -0.200. The van der Waals surface area contributed by atoms with Gasteiger partial charge in [-0.2, -0.15) is 0 Å². The Bertz CT molecular complexity index is 695. The summed E-state index contributed by atoms with van der Waals surface area (Å²) in [4.78, 5) is 32.2. The molecule has 134 valence electrons. The van der Waals surface area contributed by atoms with Gasteiger partial charge < -0.3 is 10.6 Å². The summed E-state index contributed by atoms with van der Waals surface area (Å²) < 4.78 is 0. The van der Waals surface area contributed by atoms with Gasteiger partial charge in [0.05, 0.1) is 5.69 Å². The zero-order chi connectivity index (χ0) is 17.5. The number of carbonyl (C=O) groups excluding carboxylic acids is 2. The number of hydrogen-bond donors (Lipinski definition) is 3. The third-order valence-electron chi connectivity index (χ3n) is 4.00. The summed E-state index contributed by atoms with van der Waals surface area (Å²) in [6.07, 6.45) is 8.21. The van der Waals surface area contributed by atoms with Gasteiger partial charge in [-0.3, -0.25) is 10.1 Å². The van der Waals surface area contributed by atoms with Crippen LogP contribution in [0.25, 0.3) is 0 Å². The van der Waals surface area contributed by atoms with E-state index in [4.69, 9.17) is 0 Å². The highest BCUT2D eigenvalue weighted by molar-refractivity contribution is 7.14. The molecule has 2 heterocycles. The van der Waals surface area contributed by atoms with Gasteiger partial charge in [0, 0.05) is 29.4 Å². The number of hydrogen-bond acceptors (Lipinski definition) is 6. The molecule has 2 aromatic heterocycles. The Labute approximate surface area is 154 Å². The summed E-state index contributed by atoms with van der Waals surface area (Å²) in [7, 11) is 0. The average molecular weight is 380 g/mol. The Morgan fingerprint density at radius 3 is 2.72 bits per heavy atom. The van der Waals surface area contributed by atoms with Crippen LogP contribution < -0.4 is 16.0 Å². The Kier molecular flexibility index (Phi) is 6.35. The van der Waals surface area contributed by atoms with Crippen molar-refractivity contribution in [3.8, 4) is 0 Å². The van der Waals surface area contributed by atoms with Crippen LogP contribution in [-0.4, -0.2) is 27.9 Å². The number of thiazole rings is 2. The van der Waals surface area contributed by atoms with Crippen LogP contribution in [0.15, 0.2) is 17.0 Å². The number of aromatic nitrogens is 2. The zero-order valence-electron chi connectivity index (χ0n) is 13.8. The number of aryl methyl sites for hydroxylation is 1. The molecule has 3 N–H and O–H groups in total. The van der Waals surface area contributed by atoms with Gasteiger partial charge >= 0.3 is 6.03 Å². The highest BCUT2D eigenvalue weighted by atomic mass is 32.1. The van der Waals surface area contributed by atoms with Gasteiger partial charge in [-0.1, -0.05) is 19.3 Å². The highest BCUT2D eigenvalue weighted by Gasteiger charge is 2.16. The maximum atomic E-state index is 12.0. The molecule has 0 spiro atoms. The summed E-state index contributed by atoms with van der Waals surface area (Å²) in [6, 6.07) is 0.0667. The molecule has 0 bridgehead atoms. The summed E-state index contributed by atoms with van der Waals surface area (Å²) in [5.41, 5.74) is 0.798. The summed E-state index contributed by atoms with van der Waals surface area (Å²) in [5.74, 6) is -0.0903. The Hall–Kier alpha value is -2.00. The number of nitrogens with one attached hydrogen (secondary N) is 3. The van der Waals surface area contributed by atoms with E-state index in [0.29, 0.717) is 23.1 Å². The van der Waals surface area contributed by atoms with E-state index in [1.165, 1.54) is 41.9 Å². The van der Waals surface area contributed by atoms with Crippen LogP contribution in [-0.2, 0) is 11.2 Å². The third-order valence-corrected chi connectivity index (χ3v) is 5.49. The van der Waals surface area contributed by atoms with Crippen molar-refractivity contribution < 1.29 is 9.59 Å². The van der Waals surface area contributed by atoms with Gasteiger partial charge in [-0.15, -0.1) is 22.7 Å². The van der Waals surface area contributed by atoms with Crippen molar-refractivity contribution in [3.63, 3.8) is 0 Å². The first-order valence-corrected chi connectivity index (χ1v) is 10.2. The number of amides is 3. The number of carbonyl (C=O) groups is 2. The SMILES string of the molecule is O=C(CCc1csc(NC(=O)NC2CCCCC2)n1)Nc1nccs1. The fourth-order valence-electron chi connectivity index (χ4n) is 2.75. The topological polar surface area (TPSA) is 96.0 Å². The summed E-state index contributed by atoms with van der Waals surface area (Å²) in [6.45, 7) is 0. The number of nitrogens with zero attached hydrogens (tertiary/aromatic N) is 2. The molecule has 3 amide bonds. The molecule has 1 fully saturated rings. The Balaban J connectivity index is 1.40. The second-order valence-corrected chi connectivity index (χ2v) is 7.72. The van der Waals surface area contributed by atoms with Crippen LogP contribution in [0.2, 0.25) is 0 Å². The molecule has 9 heteroatoms. The van der Waals surface area contributed by atoms with E-state index in [2.05, 4.69) is 25.9 Å². The van der Waals surface area contributed by atoms with E-state index in [1.54, 1.807) is 6.20 Å². The van der Waals surface area contributed by atoms with Crippen LogP contribution in [0, 0.1) is 0 Å². The molecule has 0 atom stereocenters. The summed E-state index contributed by atoms with van der Waals surface area (Å²) in [5, 5.41) is 13.4. The van der Waals surface area contributed by atoms with Crippen molar-refractivity contribution in [3.05, 3.63) is 22.7 Å². The molecule has 1 saturated carbocycles. The number of rotatable bonds is 6. The fraction of sp³-hybridized carbons (Fsp3) is 0.500. The minimum Gasteiger partial charge on any atom is -0.335 e. The van der Waals surface area contributed by atoms with E-state index in [0.717, 1.165) is 18.5 Å². The van der Waals surface area contributed by atoms with Crippen LogP contribution in [0.1, 0.15) is 44.2 Å². The lowest BCUT2D eigenvalue weighted by Gasteiger charge is -2.22. The van der Waals surface area contributed by atoms with Gasteiger partial charge in [-0.05, 0) is 19.3 Å².